The third-order valence-electron chi connectivity index (χ3n) is 1.35. The Labute approximate surface area is 76.4 Å². The number of ether oxygens (including phenoxy) is 1. The zero-order valence-electron chi connectivity index (χ0n) is 7.10. The first kappa shape index (κ1) is 11.0. The Kier molecular flexibility index (Phi) is 6.62. The number of hydrogen-bond acceptors (Lipinski definition) is 2. The molecule has 0 amide bonds. The molecule has 1 atom stereocenters. The van der Waals surface area contributed by atoms with Gasteiger partial charge in [0.15, 0.2) is 0 Å². The summed E-state index contributed by atoms with van der Waals surface area (Å²) in [5, 5.41) is 0. The van der Waals surface area contributed by atoms with Gasteiger partial charge in [-0.3, -0.25) is 4.79 Å². The van der Waals surface area contributed by atoms with Crippen molar-refractivity contribution in [1.82, 2.24) is 0 Å². The molecule has 0 saturated carbocycles. The monoisotopic (exact) mass is 222 g/mol. The molecule has 0 aromatic carbocycles. The van der Waals surface area contributed by atoms with Crippen molar-refractivity contribution in [3.63, 3.8) is 0 Å². The van der Waals surface area contributed by atoms with E-state index in [2.05, 4.69) is 22.9 Å². The summed E-state index contributed by atoms with van der Waals surface area (Å²) in [5.41, 5.74) is 0. The van der Waals surface area contributed by atoms with Gasteiger partial charge in [0.2, 0.25) is 0 Å². The molecule has 0 rings (SSSR count). The molecule has 0 bridgehead atoms. The Balaban J connectivity index is 3.46. The number of halogens is 1. The lowest BCUT2D eigenvalue weighted by Gasteiger charge is -2.06. The molecule has 0 radical (unpaired) electrons. The molecule has 0 aliphatic rings. The van der Waals surface area contributed by atoms with E-state index in [1.807, 2.05) is 6.92 Å². The number of alkyl halides is 1. The van der Waals surface area contributed by atoms with Crippen molar-refractivity contribution in [3.05, 3.63) is 0 Å². The van der Waals surface area contributed by atoms with Gasteiger partial charge in [0.05, 0.1) is 6.61 Å². The van der Waals surface area contributed by atoms with Crippen LogP contribution in [0, 0.1) is 0 Å². The summed E-state index contributed by atoms with van der Waals surface area (Å²) < 4.78 is 4.81. The molecule has 0 aliphatic heterocycles. The number of hydrogen-bond donors (Lipinski definition) is 0. The Morgan fingerprint density at radius 1 is 1.55 bits per heavy atom. The van der Waals surface area contributed by atoms with Crippen LogP contribution < -0.4 is 0 Å². The standard InChI is InChI=1S/C8H15BrO2/c1-3-5-6-7(9)8(10)11-4-2/h7H,3-6H2,1-2H3/t7-/m1/s1. The smallest absolute Gasteiger partial charge is 0.319 e. The van der Waals surface area contributed by atoms with Crippen LogP contribution in [0.15, 0.2) is 0 Å². The molecule has 2 nitrogen and oxygen atoms in total. The minimum atomic E-state index is -0.138. The van der Waals surface area contributed by atoms with E-state index in [-0.39, 0.29) is 10.8 Å². The van der Waals surface area contributed by atoms with Crippen LogP contribution in [0.4, 0.5) is 0 Å². The van der Waals surface area contributed by atoms with Gasteiger partial charge in [-0.05, 0) is 13.3 Å². The Morgan fingerprint density at radius 3 is 2.64 bits per heavy atom. The third-order valence-corrected chi connectivity index (χ3v) is 2.19. The first-order chi connectivity index (χ1) is 5.22. The maximum Gasteiger partial charge on any atom is 0.319 e. The molecule has 3 heteroatoms. The van der Waals surface area contributed by atoms with Crippen LogP contribution in [0.1, 0.15) is 33.1 Å². The van der Waals surface area contributed by atoms with Crippen molar-refractivity contribution in [2.24, 2.45) is 0 Å². The van der Waals surface area contributed by atoms with Gasteiger partial charge in [-0.25, -0.2) is 0 Å². The van der Waals surface area contributed by atoms with Crippen LogP contribution in [0.25, 0.3) is 0 Å². The Hall–Kier alpha value is -0.0500. The lowest BCUT2D eigenvalue weighted by atomic mass is 10.2. The number of rotatable bonds is 5. The highest BCUT2D eigenvalue weighted by Gasteiger charge is 2.14. The average Bonchev–Trinajstić information content (AvgIpc) is 2.00. The first-order valence-corrected chi connectivity index (χ1v) is 4.94. The molecule has 0 aromatic rings. The van der Waals surface area contributed by atoms with Crippen LogP contribution in [0.2, 0.25) is 0 Å². The number of carbonyl (C=O) groups excluding carboxylic acids is 1. The van der Waals surface area contributed by atoms with Crippen molar-refractivity contribution in [3.8, 4) is 0 Å². The lowest BCUT2D eigenvalue weighted by molar-refractivity contribution is -0.142. The molecular formula is C8H15BrO2. The van der Waals surface area contributed by atoms with Crippen molar-refractivity contribution >= 4 is 21.9 Å². The zero-order valence-corrected chi connectivity index (χ0v) is 8.69. The van der Waals surface area contributed by atoms with Crippen molar-refractivity contribution in [2.75, 3.05) is 6.61 Å². The van der Waals surface area contributed by atoms with Gasteiger partial charge in [-0.15, -0.1) is 0 Å². The van der Waals surface area contributed by atoms with Gasteiger partial charge in [0.1, 0.15) is 4.83 Å². The van der Waals surface area contributed by atoms with Crippen LogP contribution in [-0.2, 0) is 9.53 Å². The van der Waals surface area contributed by atoms with Crippen LogP contribution in [0.5, 0.6) is 0 Å². The molecule has 0 saturated heterocycles. The molecule has 11 heavy (non-hydrogen) atoms. The zero-order chi connectivity index (χ0) is 8.69. The molecule has 0 fully saturated rings. The second-order valence-electron chi connectivity index (χ2n) is 2.36. The fraction of sp³-hybridized carbons (Fsp3) is 0.875. The van der Waals surface area contributed by atoms with E-state index < -0.39 is 0 Å². The summed E-state index contributed by atoms with van der Waals surface area (Å²) in [6.45, 7) is 4.38. The molecule has 0 heterocycles. The highest BCUT2D eigenvalue weighted by Crippen LogP contribution is 2.11. The number of unbranched alkanes of at least 4 members (excludes halogenated alkanes) is 1. The highest BCUT2D eigenvalue weighted by molar-refractivity contribution is 9.10. The quantitative estimate of drug-likeness (QED) is 0.528. The topological polar surface area (TPSA) is 26.3 Å². The highest BCUT2D eigenvalue weighted by atomic mass is 79.9. The predicted molar refractivity (Wildman–Crippen MR) is 48.9 cm³/mol. The fourth-order valence-corrected chi connectivity index (χ4v) is 1.19. The summed E-state index contributed by atoms with van der Waals surface area (Å²) in [6.07, 6.45) is 3.05. The minimum Gasteiger partial charge on any atom is -0.465 e. The Bertz CT molecular complexity index is 115. The summed E-state index contributed by atoms with van der Waals surface area (Å²) >= 11 is 3.27. The second-order valence-corrected chi connectivity index (χ2v) is 3.47. The summed E-state index contributed by atoms with van der Waals surface area (Å²) in [4.78, 5) is 10.9. The van der Waals surface area contributed by atoms with Crippen LogP contribution >= 0.6 is 15.9 Å². The minimum absolute atomic E-state index is 0.109. The van der Waals surface area contributed by atoms with Crippen molar-refractivity contribution in [2.45, 2.75) is 37.9 Å². The average molecular weight is 223 g/mol. The van der Waals surface area contributed by atoms with E-state index >= 15 is 0 Å². The van der Waals surface area contributed by atoms with Gasteiger partial charge < -0.3 is 4.74 Å². The molecule has 0 unspecified atom stereocenters. The predicted octanol–water partition coefficient (Wildman–Crippen LogP) is 2.50. The van der Waals surface area contributed by atoms with E-state index in [4.69, 9.17) is 4.74 Å². The lowest BCUT2D eigenvalue weighted by Crippen LogP contribution is -2.16. The van der Waals surface area contributed by atoms with E-state index in [1.54, 1.807) is 0 Å². The van der Waals surface area contributed by atoms with Gasteiger partial charge in [-0.2, -0.15) is 0 Å². The molecular weight excluding hydrogens is 208 g/mol. The maximum absolute atomic E-state index is 11.0. The molecule has 0 N–H and O–H groups in total. The summed E-state index contributed by atoms with van der Waals surface area (Å²) in [6, 6.07) is 0. The summed E-state index contributed by atoms with van der Waals surface area (Å²) in [7, 11) is 0. The Morgan fingerprint density at radius 2 is 2.18 bits per heavy atom. The van der Waals surface area contributed by atoms with Gasteiger partial charge in [0.25, 0.3) is 0 Å². The van der Waals surface area contributed by atoms with E-state index in [1.165, 1.54) is 0 Å². The van der Waals surface area contributed by atoms with Crippen LogP contribution in [0.3, 0.4) is 0 Å². The van der Waals surface area contributed by atoms with Gasteiger partial charge >= 0.3 is 5.97 Å². The van der Waals surface area contributed by atoms with E-state index in [9.17, 15) is 4.79 Å². The van der Waals surface area contributed by atoms with Gasteiger partial charge in [0, 0.05) is 0 Å². The van der Waals surface area contributed by atoms with Crippen molar-refractivity contribution in [1.29, 1.82) is 0 Å². The third kappa shape index (κ3) is 5.24. The first-order valence-electron chi connectivity index (χ1n) is 4.03. The summed E-state index contributed by atoms with van der Waals surface area (Å²) in [5.74, 6) is -0.138. The van der Waals surface area contributed by atoms with Gasteiger partial charge in [-0.1, -0.05) is 35.7 Å². The van der Waals surface area contributed by atoms with E-state index in [0.717, 1.165) is 19.3 Å². The number of carbonyl (C=O) groups is 1. The largest absolute Gasteiger partial charge is 0.465 e. The van der Waals surface area contributed by atoms with Crippen LogP contribution in [-0.4, -0.2) is 17.4 Å². The van der Waals surface area contributed by atoms with E-state index in [0.29, 0.717) is 6.61 Å². The fourth-order valence-electron chi connectivity index (χ4n) is 0.734. The SMILES string of the molecule is CCCC[C@@H](Br)C(=O)OCC. The maximum atomic E-state index is 11.0. The molecule has 0 spiro atoms. The molecule has 0 aromatic heterocycles. The number of esters is 1. The second kappa shape index (κ2) is 6.65. The van der Waals surface area contributed by atoms with Crippen molar-refractivity contribution < 1.29 is 9.53 Å². The molecule has 66 valence electrons. The molecule has 0 aliphatic carbocycles. The normalized spacial score (nSPS) is 12.6.